The average molecular weight is 285 g/mol. The molecule has 0 atom stereocenters. The van der Waals surface area contributed by atoms with Crippen LogP contribution in [0.4, 0.5) is 5.69 Å². The number of ether oxygens (including phenoxy) is 2. The van der Waals surface area contributed by atoms with Crippen LogP contribution < -0.4 is 10.5 Å². The predicted octanol–water partition coefficient (Wildman–Crippen LogP) is 3.20. The second kappa shape index (κ2) is 6.79. The molecule has 4 heteroatoms. The first kappa shape index (κ1) is 14.9. The van der Waals surface area contributed by atoms with Crippen molar-refractivity contribution in [1.82, 2.24) is 0 Å². The van der Waals surface area contributed by atoms with Crippen molar-refractivity contribution in [2.45, 2.75) is 20.0 Å². The number of hydrogen-bond donors (Lipinski definition) is 1. The van der Waals surface area contributed by atoms with Crippen molar-refractivity contribution < 1.29 is 14.3 Å². The van der Waals surface area contributed by atoms with E-state index in [1.165, 1.54) is 12.7 Å². The maximum absolute atomic E-state index is 12.0. The van der Waals surface area contributed by atoms with Crippen LogP contribution in [0.3, 0.4) is 0 Å². The molecule has 0 bridgehead atoms. The minimum absolute atomic E-state index is 0.246. The van der Waals surface area contributed by atoms with Gasteiger partial charge < -0.3 is 15.2 Å². The predicted molar refractivity (Wildman–Crippen MR) is 82.3 cm³/mol. The largest absolute Gasteiger partial charge is 0.495 e. The van der Waals surface area contributed by atoms with Crippen LogP contribution in [0.5, 0.6) is 5.75 Å². The molecule has 0 heterocycles. The van der Waals surface area contributed by atoms with Crippen molar-refractivity contribution in [2.24, 2.45) is 0 Å². The van der Waals surface area contributed by atoms with Crippen molar-refractivity contribution in [1.29, 1.82) is 0 Å². The number of aryl methyl sites for hydroxylation is 1. The summed E-state index contributed by atoms with van der Waals surface area (Å²) in [6, 6.07) is 12.8. The summed E-state index contributed by atoms with van der Waals surface area (Å²) >= 11 is 0. The molecule has 110 valence electrons. The van der Waals surface area contributed by atoms with Crippen LogP contribution in [0.15, 0.2) is 42.5 Å². The van der Waals surface area contributed by atoms with Gasteiger partial charge in [-0.25, -0.2) is 4.79 Å². The zero-order valence-electron chi connectivity index (χ0n) is 12.3. The molecule has 2 aromatic carbocycles. The Hall–Kier alpha value is -2.49. The van der Waals surface area contributed by atoms with Crippen molar-refractivity contribution in [3.05, 3.63) is 59.2 Å². The minimum atomic E-state index is -0.395. The first-order valence-corrected chi connectivity index (χ1v) is 6.82. The third-order valence-corrected chi connectivity index (χ3v) is 3.27. The van der Waals surface area contributed by atoms with Crippen LogP contribution in [0.1, 0.15) is 28.4 Å². The van der Waals surface area contributed by atoms with Gasteiger partial charge in [-0.15, -0.1) is 0 Å². The van der Waals surface area contributed by atoms with E-state index in [1.54, 1.807) is 18.2 Å². The van der Waals surface area contributed by atoms with Crippen molar-refractivity contribution in [3.8, 4) is 5.75 Å². The Labute approximate surface area is 124 Å². The van der Waals surface area contributed by atoms with Gasteiger partial charge in [0, 0.05) is 0 Å². The van der Waals surface area contributed by atoms with E-state index in [4.69, 9.17) is 15.2 Å². The highest BCUT2D eigenvalue weighted by Crippen LogP contribution is 2.22. The smallest absolute Gasteiger partial charge is 0.338 e. The maximum Gasteiger partial charge on any atom is 0.338 e. The Balaban J connectivity index is 2.00. The van der Waals surface area contributed by atoms with E-state index in [-0.39, 0.29) is 6.61 Å². The summed E-state index contributed by atoms with van der Waals surface area (Å²) in [5.74, 6) is 0.0737. The molecule has 2 rings (SSSR count). The second-order valence-electron chi connectivity index (χ2n) is 4.70. The number of rotatable bonds is 5. The summed E-state index contributed by atoms with van der Waals surface area (Å²) in [5, 5.41) is 0. The van der Waals surface area contributed by atoms with Crippen LogP contribution in [0, 0.1) is 0 Å². The minimum Gasteiger partial charge on any atom is -0.495 e. The number of carbonyl (C=O) groups is 1. The SMILES string of the molecule is CCc1ccc(COC(=O)c2ccc(N)c(OC)c2)cc1. The Morgan fingerprint density at radius 1 is 1.10 bits per heavy atom. The van der Waals surface area contributed by atoms with Crippen LogP contribution >= 0.6 is 0 Å². The molecule has 0 aliphatic carbocycles. The topological polar surface area (TPSA) is 61.5 Å². The van der Waals surface area contributed by atoms with E-state index in [9.17, 15) is 4.79 Å². The van der Waals surface area contributed by atoms with E-state index in [1.807, 2.05) is 24.3 Å². The molecule has 0 aromatic heterocycles. The molecule has 2 aromatic rings. The number of nitrogen functional groups attached to an aromatic ring is 1. The Morgan fingerprint density at radius 2 is 1.76 bits per heavy atom. The van der Waals surface area contributed by atoms with Crippen LogP contribution in [0.25, 0.3) is 0 Å². The maximum atomic E-state index is 12.0. The van der Waals surface area contributed by atoms with Gasteiger partial charge in [0.05, 0.1) is 18.4 Å². The molecule has 0 fully saturated rings. The molecular formula is C17H19NO3. The average Bonchev–Trinajstić information content (AvgIpc) is 2.53. The summed E-state index contributed by atoms with van der Waals surface area (Å²) in [7, 11) is 1.51. The number of esters is 1. The molecule has 0 aliphatic rings. The fourth-order valence-corrected chi connectivity index (χ4v) is 1.94. The fourth-order valence-electron chi connectivity index (χ4n) is 1.94. The zero-order chi connectivity index (χ0) is 15.2. The van der Waals surface area contributed by atoms with Gasteiger partial charge in [0.15, 0.2) is 0 Å². The molecule has 0 amide bonds. The Morgan fingerprint density at radius 3 is 2.38 bits per heavy atom. The molecule has 0 saturated carbocycles. The quantitative estimate of drug-likeness (QED) is 0.677. The van der Waals surface area contributed by atoms with E-state index in [0.29, 0.717) is 17.0 Å². The number of methoxy groups -OCH3 is 1. The molecule has 0 unspecified atom stereocenters. The standard InChI is InChI=1S/C17H19NO3/c1-3-12-4-6-13(7-5-12)11-21-17(19)14-8-9-15(18)16(10-14)20-2/h4-10H,3,11,18H2,1-2H3. The van der Waals surface area contributed by atoms with Crippen molar-refractivity contribution in [3.63, 3.8) is 0 Å². The lowest BCUT2D eigenvalue weighted by Crippen LogP contribution is -2.06. The molecule has 0 radical (unpaired) electrons. The summed E-state index contributed by atoms with van der Waals surface area (Å²) in [4.78, 5) is 12.0. The molecule has 0 aliphatic heterocycles. The third kappa shape index (κ3) is 3.75. The van der Waals surface area contributed by atoms with Crippen LogP contribution in [0.2, 0.25) is 0 Å². The second-order valence-corrected chi connectivity index (χ2v) is 4.70. The molecule has 21 heavy (non-hydrogen) atoms. The summed E-state index contributed by atoms with van der Waals surface area (Å²) in [6.07, 6.45) is 0.991. The monoisotopic (exact) mass is 285 g/mol. The molecule has 0 spiro atoms. The van der Waals surface area contributed by atoms with Gasteiger partial charge in [-0.1, -0.05) is 31.2 Å². The highest BCUT2D eigenvalue weighted by atomic mass is 16.5. The van der Waals surface area contributed by atoms with E-state index >= 15 is 0 Å². The first-order valence-electron chi connectivity index (χ1n) is 6.82. The van der Waals surface area contributed by atoms with Gasteiger partial charge in [-0.05, 0) is 35.7 Å². The number of benzene rings is 2. The van der Waals surface area contributed by atoms with Gasteiger partial charge in [0.25, 0.3) is 0 Å². The lowest BCUT2D eigenvalue weighted by Gasteiger charge is -2.08. The van der Waals surface area contributed by atoms with Gasteiger partial charge in [0.1, 0.15) is 12.4 Å². The molecule has 0 saturated heterocycles. The van der Waals surface area contributed by atoms with Gasteiger partial charge in [0.2, 0.25) is 0 Å². The number of anilines is 1. The lowest BCUT2D eigenvalue weighted by molar-refractivity contribution is 0.0472. The number of hydrogen-bond acceptors (Lipinski definition) is 4. The summed E-state index contributed by atoms with van der Waals surface area (Å²) in [5.41, 5.74) is 8.85. The fraction of sp³-hybridized carbons (Fsp3) is 0.235. The zero-order valence-corrected chi connectivity index (χ0v) is 12.3. The molecule has 2 N–H and O–H groups in total. The first-order chi connectivity index (χ1) is 10.1. The number of nitrogens with two attached hydrogens (primary N) is 1. The Kier molecular flexibility index (Phi) is 4.82. The molecule has 4 nitrogen and oxygen atoms in total. The lowest BCUT2D eigenvalue weighted by atomic mass is 10.1. The molecular weight excluding hydrogens is 266 g/mol. The van der Waals surface area contributed by atoms with E-state index in [0.717, 1.165) is 12.0 Å². The third-order valence-electron chi connectivity index (χ3n) is 3.27. The Bertz CT molecular complexity index is 620. The van der Waals surface area contributed by atoms with E-state index < -0.39 is 5.97 Å². The van der Waals surface area contributed by atoms with Gasteiger partial charge >= 0.3 is 5.97 Å². The normalized spacial score (nSPS) is 10.2. The summed E-state index contributed by atoms with van der Waals surface area (Å²) < 4.78 is 10.4. The van der Waals surface area contributed by atoms with Crippen molar-refractivity contribution >= 4 is 11.7 Å². The van der Waals surface area contributed by atoms with Crippen molar-refractivity contribution in [2.75, 3.05) is 12.8 Å². The van der Waals surface area contributed by atoms with Gasteiger partial charge in [-0.3, -0.25) is 0 Å². The highest BCUT2D eigenvalue weighted by Gasteiger charge is 2.10. The number of carbonyl (C=O) groups excluding carboxylic acids is 1. The highest BCUT2D eigenvalue weighted by molar-refractivity contribution is 5.90. The van der Waals surface area contributed by atoms with Gasteiger partial charge in [-0.2, -0.15) is 0 Å². The van der Waals surface area contributed by atoms with Crippen LogP contribution in [-0.2, 0) is 17.8 Å². The summed E-state index contributed by atoms with van der Waals surface area (Å²) in [6.45, 7) is 2.35. The van der Waals surface area contributed by atoms with E-state index in [2.05, 4.69) is 6.92 Å². The van der Waals surface area contributed by atoms with Crippen LogP contribution in [-0.4, -0.2) is 13.1 Å².